The van der Waals surface area contributed by atoms with Crippen LogP contribution in [0.2, 0.25) is 0 Å². The molecule has 6 nitrogen and oxygen atoms in total. The van der Waals surface area contributed by atoms with Crippen molar-refractivity contribution in [3.8, 4) is 6.07 Å². The van der Waals surface area contributed by atoms with Crippen LogP contribution >= 0.6 is 15.9 Å². The number of nitriles is 1. The predicted octanol–water partition coefficient (Wildman–Crippen LogP) is 0.794. The van der Waals surface area contributed by atoms with Gasteiger partial charge in [-0.15, -0.1) is 0 Å². The lowest BCUT2D eigenvalue weighted by Crippen LogP contribution is -2.31. The molecular weight excluding hydrogens is 324 g/mol. The lowest BCUT2D eigenvalue weighted by molar-refractivity contribution is -0.140. The second-order valence-corrected chi connectivity index (χ2v) is 5.66. The van der Waals surface area contributed by atoms with Gasteiger partial charge < -0.3 is 4.74 Å². The molecule has 0 radical (unpaired) electrons. The summed E-state index contributed by atoms with van der Waals surface area (Å²) in [6.07, 6.45) is 0. The number of carbonyl (C=O) groups is 1. The van der Waals surface area contributed by atoms with E-state index in [4.69, 9.17) is 5.26 Å². The molecule has 1 aromatic rings. The monoisotopic (exact) mass is 332 g/mol. The third-order valence-electron chi connectivity index (χ3n) is 1.83. The van der Waals surface area contributed by atoms with Gasteiger partial charge in [0.05, 0.1) is 4.90 Å². The molecule has 0 amide bonds. The molecule has 0 fully saturated rings. The van der Waals surface area contributed by atoms with Crippen LogP contribution in [-0.2, 0) is 19.6 Å². The highest BCUT2D eigenvalue weighted by Gasteiger charge is 2.18. The van der Waals surface area contributed by atoms with Gasteiger partial charge in [0.15, 0.2) is 6.61 Å². The summed E-state index contributed by atoms with van der Waals surface area (Å²) in [6, 6.07) is 7.81. The van der Waals surface area contributed by atoms with Gasteiger partial charge in [0.2, 0.25) is 10.0 Å². The molecule has 96 valence electrons. The third kappa shape index (κ3) is 4.10. The first kappa shape index (κ1) is 14.6. The van der Waals surface area contributed by atoms with E-state index < -0.39 is 29.1 Å². The molecule has 0 heterocycles. The fraction of sp³-hybridized carbons (Fsp3) is 0.200. The van der Waals surface area contributed by atoms with Crippen molar-refractivity contribution >= 4 is 31.9 Å². The van der Waals surface area contributed by atoms with E-state index in [0.29, 0.717) is 4.47 Å². The molecule has 0 spiro atoms. The molecule has 8 heteroatoms. The van der Waals surface area contributed by atoms with E-state index in [-0.39, 0.29) is 4.90 Å². The van der Waals surface area contributed by atoms with Crippen LogP contribution in [0.15, 0.2) is 33.6 Å². The van der Waals surface area contributed by atoms with E-state index >= 15 is 0 Å². The number of ether oxygens (including phenoxy) is 1. The second-order valence-electron chi connectivity index (χ2n) is 3.07. The van der Waals surface area contributed by atoms with Gasteiger partial charge in [0, 0.05) is 4.47 Å². The molecule has 0 saturated carbocycles. The summed E-state index contributed by atoms with van der Waals surface area (Å²) in [6.45, 7) is -0.930. The molecule has 0 aliphatic heterocycles. The topological polar surface area (TPSA) is 96.3 Å². The molecule has 0 aliphatic carbocycles. The van der Waals surface area contributed by atoms with Crippen LogP contribution in [0, 0.1) is 11.3 Å². The normalized spacial score (nSPS) is 10.7. The zero-order valence-corrected chi connectivity index (χ0v) is 11.5. The molecule has 0 aromatic heterocycles. The van der Waals surface area contributed by atoms with E-state index in [1.165, 1.54) is 6.07 Å². The molecular formula is C10H9BrN2O4S. The first-order valence-electron chi connectivity index (χ1n) is 4.74. The molecule has 0 bridgehead atoms. The summed E-state index contributed by atoms with van der Waals surface area (Å²) in [4.78, 5) is 11.1. The van der Waals surface area contributed by atoms with Crippen molar-refractivity contribution in [3.63, 3.8) is 0 Å². The highest BCUT2D eigenvalue weighted by atomic mass is 79.9. The summed E-state index contributed by atoms with van der Waals surface area (Å²) in [5.74, 6) is -0.813. The summed E-state index contributed by atoms with van der Waals surface area (Å²) in [5.41, 5.74) is 0. The molecule has 0 aliphatic rings. The van der Waals surface area contributed by atoms with Crippen LogP contribution < -0.4 is 4.72 Å². The average Bonchev–Trinajstić information content (AvgIpc) is 2.34. The van der Waals surface area contributed by atoms with Crippen LogP contribution in [0.25, 0.3) is 0 Å². The van der Waals surface area contributed by atoms with Gasteiger partial charge in [-0.3, -0.25) is 4.79 Å². The maximum absolute atomic E-state index is 11.8. The number of nitrogens with one attached hydrogen (secondary N) is 1. The Balaban J connectivity index is 2.70. The van der Waals surface area contributed by atoms with E-state index in [0.717, 1.165) is 0 Å². The van der Waals surface area contributed by atoms with Crippen molar-refractivity contribution in [1.29, 1.82) is 5.26 Å². The van der Waals surface area contributed by atoms with E-state index in [9.17, 15) is 13.2 Å². The van der Waals surface area contributed by atoms with Crippen LogP contribution in [0.1, 0.15) is 0 Å². The Morgan fingerprint density at radius 3 is 2.72 bits per heavy atom. The number of hydrogen-bond donors (Lipinski definition) is 1. The Kier molecular flexibility index (Phi) is 5.27. The summed E-state index contributed by atoms with van der Waals surface area (Å²) >= 11 is 3.10. The third-order valence-corrected chi connectivity index (χ3v) is 4.24. The number of esters is 1. The summed E-state index contributed by atoms with van der Waals surface area (Å²) in [7, 11) is -3.79. The Morgan fingerprint density at radius 1 is 1.44 bits per heavy atom. The fourth-order valence-corrected chi connectivity index (χ4v) is 3.03. The number of rotatable bonds is 5. The van der Waals surface area contributed by atoms with Crippen molar-refractivity contribution in [1.82, 2.24) is 4.72 Å². The number of hydrogen-bond acceptors (Lipinski definition) is 5. The molecule has 1 aromatic carbocycles. The largest absolute Gasteiger partial charge is 0.449 e. The van der Waals surface area contributed by atoms with Crippen molar-refractivity contribution in [2.24, 2.45) is 0 Å². The van der Waals surface area contributed by atoms with Crippen molar-refractivity contribution in [3.05, 3.63) is 28.7 Å². The SMILES string of the molecule is N#CCOC(=O)CNS(=O)(=O)c1ccccc1Br. The Labute approximate surface area is 113 Å². The van der Waals surface area contributed by atoms with Crippen LogP contribution in [0.3, 0.4) is 0 Å². The van der Waals surface area contributed by atoms with Gasteiger partial charge in [0.1, 0.15) is 12.6 Å². The summed E-state index contributed by atoms with van der Waals surface area (Å²) < 4.78 is 30.5. The highest BCUT2D eigenvalue weighted by molar-refractivity contribution is 9.10. The van der Waals surface area contributed by atoms with Gasteiger partial charge in [0.25, 0.3) is 0 Å². The van der Waals surface area contributed by atoms with Crippen molar-refractivity contribution in [2.45, 2.75) is 4.90 Å². The maximum Gasteiger partial charge on any atom is 0.322 e. The number of sulfonamides is 1. The Morgan fingerprint density at radius 2 is 2.11 bits per heavy atom. The lowest BCUT2D eigenvalue weighted by atomic mass is 10.4. The van der Waals surface area contributed by atoms with E-state index in [1.807, 2.05) is 0 Å². The maximum atomic E-state index is 11.8. The van der Waals surface area contributed by atoms with Crippen molar-refractivity contribution < 1.29 is 17.9 Å². The standard InChI is InChI=1S/C10H9BrN2O4S/c11-8-3-1-2-4-9(8)18(15,16)13-7-10(14)17-6-5-12/h1-4,13H,6-7H2. The first-order valence-corrected chi connectivity index (χ1v) is 7.02. The van der Waals surface area contributed by atoms with E-state index in [1.54, 1.807) is 24.3 Å². The fourth-order valence-electron chi connectivity index (χ4n) is 1.06. The quantitative estimate of drug-likeness (QED) is 0.804. The smallest absolute Gasteiger partial charge is 0.322 e. The molecule has 0 unspecified atom stereocenters. The van der Waals surface area contributed by atoms with E-state index in [2.05, 4.69) is 25.4 Å². The zero-order chi connectivity index (χ0) is 13.6. The minimum absolute atomic E-state index is 0.0260. The predicted molar refractivity (Wildman–Crippen MR) is 65.9 cm³/mol. The molecule has 1 rings (SSSR count). The van der Waals surface area contributed by atoms with Gasteiger partial charge in [-0.25, -0.2) is 8.42 Å². The minimum atomic E-state index is -3.79. The van der Waals surface area contributed by atoms with Gasteiger partial charge >= 0.3 is 5.97 Å². The Bertz CT molecular complexity index is 580. The number of carbonyl (C=O) groups excluding carboxylic acids is 1. The average molecular weight is 333 g/mol. The van der Waals surface area contributed by atoms with Crippen LogP contribution in [-0.4, -0.2) is 27.5 Å². The molecule has 1 N–H and O–H groups in total. The van der Waals surface area contributed by atoms with Gasteiger partial charge in [-0.1, -0.05) is 12.1 Å². The molecule has 0 atom stereocenters. The summed E-state index contributed by atoms with van der Waals surface area (Å²) in [5, 5.41) is 8.19. The number of halogens is 1. The van der Waals surface area contributed by atoms with Crippen molar-refractivity contribution in [2.75, 3.05) is 13.2 Å². The molecule has 18 heavy (non-hydrogen) atoms. The first-order chi connectivity index (χ1) is 8.47. The lowest BCUT2D eigenvalue weighted by Gasteiger charge is -2.07. The number of benzene rings is 1. The minimum Gasteiger partial charge on any atom is -0.449 e. The highest BCUT2D eigenvalue weighted by Crippen LogP contribution is 2.20. The number of nitrogens with zero attached hydrogens (tertiary/aromatic N) is 1. The van der Waals surface area contributed by atoms with Crippen LogP contribution in [0.5, 0.6) is 0 Å². The second kappa shape index (κ2) is 6.49. The molecule has 0 saturated heterocycles. The van der Waals surface area contributed by atoms with Gasteiger partial charge in [-0.05, 0) is 28.1 Å². The van der Waals surface area contributed by atoms with Gasteiger partial charge in [-0.2, -0.15) is 9.98 Å². The Hall–Kier alpha value is -1.43. The van der Waals surface area contributed by atoms with Crippen LogP contribution in [0.4, 0.5) is 0 Å². The zero-order valence-electron chi connectivity index (χ0n) is 9.09.